The van der Waals surface area contributed by atoms with Crippen molar-refractivity contribution in [3.8, 4) is 0 Å². The first-order chi connectivity index (χ1) is 9.69. The lowest BCUT2D eigenvalue weighted by molar-refractivity contribution is -0.132. The van der Waals surface area contributed by atoms with Crippen LogP contribution in [0.3, 0.4) is 0 Å². The molecule has 1 amide bonds. The molecule has 4 nitrogen and oxygen atoms in total. The Balaban J connectivity index is 1.69. The first kappa shape index (κ1) is 15.1. The number of anilines is 1. The van der Waals surface area contributed by atoms with E-state index in [-0.39, 0.29) is 5.91 Å². The Labute approximate surface area is 125 Å². The van der Waals surface area contributed by atoms with Crippen LogP contribution in [-0.2, 0) is 4.79 Å². The number of amides is 1. The van der Waals surface area contributed by atoms with Crippen molar-refractivity contribution < 1.29 is 4.79 Å². The van der Waals surface area contributed by atoms with Gasteiger partial charge in [0.1, 0.15) is 0 Å². The molecule has 0 aliphatic carbocycles. The molecule has 1 heterocycles. The van der Waals surface area contributed by atoms with Crippen LogP contribution >= 0.6 is 11.6 Å². The van der Waals surface area contributed by atoms with E-state index in [9.17, 15) is 4.79 Å². The SMILES string of the molecule is CCN1CCN(C(=O)CCNc2ccc(Cl)cc2)CC1. The highest BCUT2D eigenvalue weighted by Crippen LogP contribution is 2.13. The van der Waals surface area contributed by atoms with Gasteiger partial charge in [-0.25, -0.2) is 0 Å². The average molecular weight is 296 g/mol. The highest BCUT2D eigenvalue weighted by molar-refractivity contribution is 6.30. The number of nitrogens with zero attached hydrogens (tertiary/aromatic N) is 2. The molecular weight excluding hydrogens is 274 g/mol. The monoisotopic (exact) mass is 295 g/mol. The summed E-state index contributed by atoms with van der Waals surface area (Å²) in [6.45, 7) is 7.59. The van der Waals surface area contributed by atoms with Gasteiger partial charge in [-0.1, -0.05) is 18.5 Å². The summed E-state index contributed by atoms with van der Waals surface area (Å²) in [4.78, 5) is 16.4. The number of benzene rings is 1. The van der Waals surface area contributed by atoms with Crippen molar-refractivity contribution in [2.24, 2.45) is 0 Å². The lowest BCUT2D eigenvalue weighted by Crippen LogP contribution is -2.48. The average Bonchev–Trinajstić information content (AvgIpc) is 2.49. The minimum Gasteiger partial charge on any atom is -0.385 e. The Hall–Kier alpha value is -1.26. The number of carbonyl (C=O) groups excluding carboxylic acids is 1. The van der Waals surface area contributed by atoms with Crippen LogP contribution in [0.1, 0.15) is 13.3 Å². The summed E-state index contributed by atoms with van der Waals surface area (Å²) in [5, 5.41) is 3.97. The predicted molar refractivity (Wildman–Crippen MR) is 83.3 cm³/mol. The summed E-state index contributed by atoms with van der Waals surface area (Å²) in [6, 6.07) is 7.53. The second kappa shape index (κ2) is 7.50. The van der Waals surface area contributed by atoms with Gasteiger partial charge in [-0.2, -0.15) is 0 Å². The van der Waals surface area contributed by atoms with Crippen LogP contribution in [0, 0.1) is 0 Å². The largest absolute Gasteiger partial charge is 0.385 e. The van der Waals surface area contributed by atoms with E-state index in [4.69, 9.17) is 11.6 Å². The van der Waals surface area contributed by atoms with Gasteiger partial charge in [-0.3, -0.25) is 4.79 Å². The fourth-order valence-corrected chi connectivity index (χ4v) is 2.48. The molecule has 20 heavy (non-hydrogen) atoms. The number of piperazine rings is 1. The summed E-state index contributed by atoms with van der Waals surface area (Å²) >= 11 is 5.83. The molecule has 0 bridgehead atoms. The smallest absolute Gasteiger partial charge is 0.224 e. The Kier molecular flexibility index (Phi) is 5.68. The van der Waals surface area contributed by atoms with E-state index in [0.717, 1.165) is 43.4 Å². The molecule has 5 heteroatoms. The fourth-order valence-electron chi connectivity index (χ4n) is 2.35. The fraction of sp³-hybridized carbons (Fsp3) is 0.533. The second-order valence-corrected chi connectivity index (χ2v) is 5.44. The third-order valence-corrected chi connectivity index (χ3v) is 3.94. The van der Waals surface area contributed by atoms with E-state index in [0.29, 0.717) is 13.0 Å². The van der Waals surface area contributed by atoms with Crippen molar-refractivity contribution in [2.45, 2.75) is 13.3 Å². The van der Waals surface area contributed by atoms with Crippen molar-refractivity contribution in [3.05, 3.63) is 29.3 Å². The van der Waals surface area contributed by atoms with Crippen LogP contribution in [0.25, 0.3) is 0 Å². The standard InChI is InChI=1S/C15H22ClN3O/c1-2-18-9-11-19(12-10-18)15(20)7-8-17-14-5-3-13(16)4-6-14/h3-6,17H,2,7-12H2,1H3. The number of likely N-dealkylation sites (N-methyl/N-ethyl adjacent to an activating group) is 1. The Morgan fingerprint density at radius 2 is 1.85 bits per heavy atom. The van der Waals surface area contributed by atoms with Crippen LogP contribution in [0.4, 0.5) is 5.69 Å². The summed E-state index contributed by atoms with van der Waals surface area (Å²) in [5.74, 6) is 0.238. The minimum absolute atomic E-state index is 0.238. The lowest BCUT2D eigenvalue weighted by Gasteiger charge is -2.34. The van der Waals surface area contributed by atoms with Gasteiger partial charge in [0, 0.05) is 49.9 Å². The van der Waals surface area contributed by atoms with Gasteiger partial charge >= 0.3 is 0 Å². The number of hydrogen-bond acceptors (Lipinski definition) is 3. The van der Waals surface area contributed by atoms with Crippen molar-refractivity contribution in [1.82, 2.24) is 9.80 Å². The van der Waals surface area contributed by atoms with Gasteiger partial charge in [-0.05, 0) is 30.8 Å². The molecule has 1 aliphatic rings. The Morgan fingerprint density at radius 3 is 2.45 bits per heavy atom. The molecule has 1 saturated heterocycles. The van der Waals surface area contributed by atoms with Crippen LogP contribution < -0.4 is 5.32 Å². The van der Waals surface area contributed by atoms with Crippen LogP contribution in [-0.4, -0.2) is 55.0 Å². The molecule has 0 aromatic heterocycles. The van der Waals surface area contributed by atoms with Crippen LogP contribution in [0.2, 0.25) is 5.02 Å². The second-order valence-electron chi connectivity index (χ2n) is 5.00. The third kappa shape index (κ3) is 4.39. The highest BCUT2D eigenvalue weighted by atomic mass is 35.5. The summed E-state index contributed by atoms with van der Waals surface area (Å²) in [5.41, 5.74) is 0.998. The van der Waals surface area contributed by atoms with Crippen molar-refractivity contribution >= 4 is 23.2 Å². The van der Waals surface area contributed by atoms with Gasteiger partial charge in [-0.15, -0.1) is 0 Å². The van der Waals surface area contributed by atoms with E-state index >= 15 is 0 Å². The highest BCUT2D eigenvalue weighted by Gasteiger charge is 2.19. The van der Waals surface area contributed by atoms with E-state index in [2.05, 4.69) is 17.1 Å². The molecule has 2 rings (SSSR count). The maximum Gasteiger partial charge on any atom is 0.224 e. The quantitative estimate of drug-likeness (QED) is 0.905. The molecule has 1 fully saturated rings. The first-order valence-electron chi connectivity index (χ1n) is 7.18. The molecule has 110 valence electrons. The Morgan fingerprint density at radius 1 is 1.20 bits per heavy atom. The maximum atomic E-state index is 12.1. The number of hydrogen-bond donors (Lipinski definition) is 1. The molecule has 1 aliphatic heterocycles. The van der Waals surface area contributed by atoms with E-state index in [1.165, 1.54) is 0 Å². The van der Waals surface area contributed by atoms with Gasteiger partial charge in [0.15, 0.2) is 0 Å². The van der Waals surface area contributed by atoms with Crippen LogP contribution in [0.5, 0.6) is 0 Å². The minimum atomic E-state index is 0.238. The van der Waals surface area contributed by atoms with Gasteiger partial charge in [0.05, 0.1) is 0 Å². The van der Waals surface area contributed by atoms with Crippen molar-refractivity contribution in [2.75, 3.05) is 44.6 Å². The summed E-state index contributed by atoms with van der Waals surface area (Å²) in [7, 11) is 0. The topological polar surface area (TPSA) is 35.6 Å². The van der Waals surface area contributed by atoms with Crippen molar-refractivity contribution in [3.63, 3.8) is 0 Å². The normalized spacial score (nSPS) is 16.2. The summed E-state index contributed by atoms with van der Waals surface area (Å²) < 4.78 is 0. The molecule has 0 radical (unpaired) electrons. The molecular formula is C15H22ClN3O. The molecule has 0 spiro atoms. The molecule has 1 aromatic rings. The third-order valence-electron chi connectivity index (χ3n) is 3.68. The predicted octanol–water partition coefficient (Wildman–Crippen LogP) is 2.31. The zero-order chi connectivity index (χ0) is 14.4. The van der Waals surface area contributed by atoms with Crippen LogP contribution in [0.15, 0.2) is 24.3 Å². The van der Waals surface area contributed by atoms with E-state index in [1.54, 1.807) is 0 Å². The number of carbonyl (C=O) groups is 1. The molecule has 1 N–H and O–H groups in total. The van der Waals surface area contributed by atoms with Gasteiger partial charge in [0.2, 0.25) is 5.91 Å². The Bertz CT molecular complexity index is 427. The molecule has 0 unspecified atom stereocenters. The molecule has 0 atom stereocenters. The maximum absolute atomic E-state index is 12.1. The van der Waals surface area contributed by atoms with E-state index in [1.807, 2.05) is 29.2 Å². The lowest BCUT2D eigenvalue weighted by atomic mass is 10.2. The number of rotatable bonds is 5. The van der Waals surface area contributed by atoms with Crippen molar-refractivity contribution in [1.29, 1.82) is 0 Å². The number of halogens is 1. The van der Waals surface area contributed by atoms with Gasteiger partial charge in [0.25, 0.3) is 0 Å². The summed E-state index contributed by atoms with van der Waals surface area (Å²) in [6.07, 6.45) is 0.536. The number of nitrogens with one attached hydrogen (secondary N) is 1. The molecule has 0 saturated carbocycles. The van der Waals surface area contributed by atoms with Gasteiger partial charge < -0.3 is 15.1 Å². The zero-order valence-corrected chi connectivity index (χ0v) is 12.7. The molecule has 1 aromatic carbocycles. The first-order valence-corrected chi connectivity index (χ1v) is 7.56. The zero-order valence-electron chi connectivity index (χ0n) is 11.9. The van der Waals surface area contributed by atoms with E-state index < -0.39 is 0 Å².